The molecular weight excluding hydrogens is 526 g/mol. The van der Waals surface area contributed by atoms with Crippen molar-refractivity contribution in [1.29, 1.82) is 0 Å². The highest BCUT2D eigenvalue weighted by atomic mass is 16.3. The number of nitrogens with zero attached hydrogens (tertiary/aromatic N) is 1. The van der Waals surface area contributed by atoms with Crippen molar-refractivity contribution in [2.24, 2.45) is 0 Å². The molecule has 0 atom stereocenters. The average molecular weight is 554 g/mol. The minimum absolute atomic E-state index is 0.00241. The Kier molecular flexibility index (Phi) is 4.82. The summed E-state index contributed by atoms with van der Waals surface area (Å²) in [5, 5.41) is 3.78. The summed E-state index contributed by atoms with van der Waals surface area (Å²) in [6.07, 6.45) is 0. The van der Waals surface area contributed by atoms with E-state index in [0.29, 0.717) is 21.9 Å². The molecule has 1 aliphatic carbocycles. The minimum atomic E-state index is -0.0454. The standard InChI is InChI=1S/C40H27NO2/c1-40(2)31-12-6-3-9-27(31)37-32(40)21-22-34-38(37)28-10-4-7-13-33(28)41(34)26-18-15-24(16-19-26)25-17-20-30-36(23-25)43-35-14-8-5-11-29(35)39(30)42/h3-23H,1-2H3. The molecule has 0 unspecified atom stereocenters. The predicted octanol–water partition coefficient (Wildman–Crippen LogP) is 10.0. The van der Waals surface area contributed by atoms with Gasteiger partial charge in [-0.15, -0.1) is 0 Å². The van der Waals surface area contributed by atoms with Crippen LogP contribution in [0.1, 0.15) is 25.0 Å². The van der Waals surface area contributed by atoms with Crippen molar-refractivity contribution in [3.8, 4) is 27.9 Å². The van der Waals surface area contributed by atoms with Gasteiger partial charge in [0, 0.05) is 21.9 Å². The fraction of sp³-hybridized carbons (Fsp3) is 0.0750. The van der Waals surface area contributed by atoms with Crippen molar-refractivity contribution < 1.29 is 4.42 Å². The van der Waals surface area contributed by atoms with E-state index < -0.39 is 0 Å². The second-order valence-electron chi connectivity index (χ2n) is 12.1. The van der Waals surface area contributed by atoms with E-state index in [2.05, 4.69) is 103 Å². The Hall–Kier alpha value is -5.41. The zero-order valence-electron chi connectivity index (χ0n) is 23.9. The van der Waals surface area contributed by atoms with Crippen LogP contribution < -0.4 is 5.43 Å². The number of benzene rings is 6. The second-order valence-corrected chi connectivity index (χ2v) is 12.1. The van der Waals surface area contributed by atoms with Gasteiger partial charge in [0.15, 0.2) is 0 Å². The normalized spacial score (nSPS) is 13.6. The molecule has 3 heteroatoms. The van der Waals surface area contributed by atoms with Gasteiger partial charge in [0.05, 0.1) is 21.8 Å². The van der Waals surface area contributed by atoms with Gasteiger partial charge < -0.3 is 8.98 Å². The van der Waals surface area contributed by atoms with Crippen molar-refractivity contribution in [3.05, 3.63) is 149 Å². The zero-order valence-corrected chi connectivity index (χ0v) is 23.9. The molecule has 2 heterocycles. The highest BCUT2D eigenvalue weighted by Crippen LogP contribution is 2.53. The highest BCUT2D eigenvalue weighted by Gasteiger charge is 2.37. The maximum Gasteiger partial charge on any atom is 0.200 e. The summed E-state index contributed by atoms with van der Waals surface area (Å²) in [5.74, 6) is 0. The van der Waals surface area contributed by atoms with Crippen LogP contribution in [0.5, 0.6) is 0 Å². The molecule has 9 rings (SSSR count). The van der Waals surface area contributed by atoms with Crippen LogP contribution in [0.25, 0.3) is 71.7 Å². The van der Waals surface area contributed by atoms with Crippen molar-refractivity contribution in [2.75, 3.05) is 0 Å². The first-order chi connectivity index (χ1) is 21.0. The summed E-state index contributed by atoms with van der Waals surface area (Å²) in [6, 6.07) is 44.2. The lowest BCUT2D eigenvalue weighted by Gasteiger charge is -2.21. The minimum Gasteiger partial charge on any atom is -0.456 e. The third-order valence-electron chi connectivity index (χ3n) is 9.42. The molecule has 3 nitrogen and oxygen atoms in total. The summed E-state index contributed by atoms with van der Waals surface area (Å²) in [4.78, 5) is 13.0. The lowest BCUT2D eigenvalue weighted by molar-refractivity contribution is 0.660. The van der Waals surface area contributed by atoms with Crippen LogP contribution in [0.3, 0.4) is 0 Å². The molecular formula is C40H27NO2. The number of rotatable bonds is 2. The van der Waals surface area contributed by atoms with E-state index in [1.165, 1.54) is 44.1 Å². The predicted molar refractivity (Wildman–Crippen MR) is 177 cm³/mol. The smallest absolute Gasteiger partial charge is 0.200 e. The summed E-state index contributed by atoms with van der Waals surface area (Å²) in [7, 11) is 0. The molecule has 0 bridgehead atoms. The van der Waals surface area contributed by atoms with E-state index >= 15 is 0 Å². The molecule has 0 N–H and O–H groups in total. The van der Waals surface area contributed by atoms with E-state index in [1.807, 2.05) is 42.5 Å². The number of fused-ring (bicyclic) bond motifs is 9. The Balaban J connectivity index is 1.22. The quantitative estimate of drug-likeness (QED) is 0.200. The maximum absolute atomic E-state index is 13.0. The molecule has 43 heavy (non-hydrogen) atoms. The molecule has 2 aromatic heterocycles. The molecule has 0 saturated heterocycles. The fourth-order valence-electron chi connectivity index (χ4n) is 7.31. The Morgan fingerprint density at radius 2 is 1.28 bits per heavy atom. The van der Waals surface area contributed by atoms with Gasteiger partial charge >= 0.3 is 0 Å². The molecule has 6 aromatic carbocycles. The molecule has 0 saturated carbocycles. The molecule has 8 aromatic rings. The number of para-hydroxylation sites is 2. The van der Waals surface area contributed by atoms with E-state index in [0.717, 1.165) is 16.8 Å². The van der Waals surface area contributed by atoms with E-state index in [4.69, 9.17) is 4.42 Å². The van der Waals surface area contributed by atoms with Crippen molar-refractivity contribution >= 4 is 43.7 Å². The SMILES string of the molecule is CC1(C)c2ccccc2-c2c1ccc1c2c2ccccc2n1-c1ccc(-c2ccc3c(=O)c4ccccc4oc3c2)cc1. The van der Waals surface area contributed by atoms with Crippen molar-refractivity contribution in [3.63, 3.8) is 0 Å². The van der Waals surface area contributed by atoms with Gasteiger partial charge in [-0.05, 0) is 81.9 Å². The molecule has 204 valence electrons. The Morgan fingerprint density at radius 3 is 2.14 bits per heavy atom. The monoisotopic (exact) mass is 553 g/mol. The number of hydrogen-bond donors (Lipinski definition) is 0. The second kappa shape index (κ2) is 8.56. The van der Waals surface area contributed by atoms with Crippen LogP contribution in [0, 0.1) is 0 Å². The first-order valence-corrected chi connectivity index (χ1v) is 14.7. The summed E-state index contributed by atoms with van der Waals surface area (Å²) < 4.78 is 8.52. The molecule has 0 spiro atoms. The number of aromatic nitrogens is 1. The van der Waals surface area contributed by atoms with Crippen LogP contribution >= 0.6 is 0 Å². The molecule has 0 aliphatic heterocycles. The summed E-state index contributed by atoms with van der Waals surface area (Å²) in [6.45, 7) is 4.67. The first kappa shape index (κ1) is 24.2. The lowest BCUT2D eigenvalue weighted by atomic mass is 9.82. The maximum atomic E-state index is 13.0. The van der Waals surface area contributed by atoms with Crippen LogP contribution in [0.2, 0.25) is 0 Å². The topological polar surface area (TPSA) is 35.1 Å². The number of hydrogen-bond acceptors (Lipinski definition) is 2. The van der Waals surface area contributed by atoms with Gasteiger partial charge in [-0.3, -0.25) is 4.79 Å². The van der Waals surface area contributed by atoms with E-state index in [-0.39, 0.29) is 10.8 Å². The molecule has 0 radical (unpaired) electrons. The Labute approximate surface area is 248 Å². The lowest BCUT2D eigenvalue weighted by Crippen LogP contribution is -2.14. The van der Waals surface area contributed by atoms with Gasteiger partial charge in [-0.2, -0.15) is 0 Å². The summed E-state index contributed by atoms with van der Waals surface area (Å²) in [5.41, 5.74) is 12.2. The van der Waals surface area contributed by atoms with Crippen molar-refractivity contribution in [2.45, 2.75) is 19.3 Å². The zero-order chi connectivity index (χ0) is 28.9. The van der Waals surface area contributed by atoms with E-state index in [1.54, 1.807) is 0 Å². The van der Waals surface area contributed by atoms with Crippen LogP contribution in [-0.4, -0.2) is 4.57 Å². The van der Waals surface area contributed by atoms with Gasteiger partial charge in [-0.1, -0.05) is 92.7 Å². The van der Waals surface area contributed by atoms with Crippen LogP contribution in [-0.2, 0) is 5.41 Å². The van der Waals surface area contributed by atoms with Crippen molar-refractivity contribution in [1.82, 2.24) is 4.57 Å². The molecule has 1 aliphatic rings. The average Bonchev–Trinajstić information content (AvgIpc) is 3.50. The highest BCUT2D eigenvalue weighted by molar-refractivity contribution is 6.17. The van der Waals surface area contributed by atoms with Gasteiger partial charge in [-0.25, -0.2) is 0 Å². The van der Waals surface area contributed by atoms with Crippen LogP contribution in [0.4, 0.5) is 0 Å². The van der Waals surface area contributed by atoms with Gasteiger partial charge in [0.25, 0.3) is 0 Å². The van der Waals surface area contributed by atoms with Gasteiger partial charge in [0.1, 0.15) is 11.2 Å². The van der Waals surface area contributed by atoms with Gasteiger partial charge in [0.2, 0.25) is 5.43 Å². The molecule has 0 amide bonds. The summed E-state index contributed by atoms with van der Waals surface area (Å²) >= 11 is 0. The fourth-order valence-corrected chi connectivity index (χ4v) is 7.31. The van der Waals surface area contributed by atoms with E-state index in [9.17, 15) is 4.79 Å². The third-order valence-corrected chi connectivity index (χ3v) is 9.42. The Bertz CT molecular complexity index is 2490. The first-order valence-electron chi connectivity index (χ1n) is 14.7. The third kappa shape index (κ3) is 3.28. The van der Waals surface area contributed by atoms with Crippen LogP contribution in [0.15, 0.2) is 137 Å². The Morgan fingerprint density at radius 1 is 0.581 bits per heavy atom. The molecule has 0 fully saturated rings. The largest absolute Gasteiger partial charge is 0.456 e.